The molecule has 154 valence electrons. The largest absolute Gasteiger partial charge is 0.294 e. The first kappa shape index (κ1) is 20.1. The molecule has 0 spiro atoms. The van der Waals surface area contributed by atoms with Gasteiger partial charge in [-0.2, -0.15) is 13.9 Å². The zero-order valence-corrected chi connectivity index (χ0v) is 18.3. The Morgan fingerprint density at radius 2 is 1.79 bits per heavy atom. The second kappa shape index (κ2) is 7.60. The highest BCUT2D eigenvalue weighted by molar-refractivity contribution is 7.89. The van der Waals surface area contributed by atoms with E-state index in [9.17, 15) is 13.2 Å². The molecule has 0 atom stereocenters. The van der Waals surface area contributed by atoms with Crippen LogP contribution in [-0.4, -0.2) is 58.4 Å². The summed E-state index contributed by atoms with van der Waals surface area (Å²) in [6, 6.07) is 6.89. The Morgan fingerprint density at radius 1 is 1.07 bits per heavy atom. The van der Waals surface area contributed by atoms with E-state index in [4.69, 9.17) is 0 Å². The fraction of sp³-hybridized carbons (Fsp3) is 0.421. The van der Waals surface area contributed by atoms with Crippen molar-refractivity contribution in [2.75, 3.05) is 26.2 Å². The van der Waals surface area contributed by atoms with Crippen molar-refractivity contribution in [1.29, 1.82) is 0 Å². The summed E-state index contributed by atoms with van der Waals surface area (Å²) in [7, 11) is -3.50. The Morgan fingerprint density at radius 3 is 2.48 bits per heavy atom. The SMILES string of the molecule is Cc1ccc(S(=O)(=O)N2CCN(Cc3nn4c(=O)cc(C)nc4s3)CC2)c(C)c1. The molecule has 0 amide bonds. The van der Waals surface area contributed by atoms with Crippen LogP contribution in [0.25, 0.3) is 4.96 Å². The first-order valence-electron chi connectivity index (χ1n) is 9.40. The maximum atomic E-state index is 13.0. The van der Waals surface area contributed by atoms with Crippen LogP contribution in [0.5, 0.6) is 0 Å². The number of benzene rings is 1. The van der Waals surface area contributed by atoms with Crippen LogP contribution in [0.15, 0.2) is 34.0 Å². The van der Waals surface area contributed by atoms with Crippen LogP contribution >= 0.6 is 11.3 Å². The van der Waals surface area contributed by atoms with Crippen molar-refractivity contribution in [3.8, 4) is 0 Å². The predicted molar refractivity (Wildman–Crippen MR) is 112 cm³/mol. The van der Waals surface area contributed by atoms with Crippen LogP contribution < -0.4 is 5.56 Å². The lowest BCUT2D eigenvalue weighted by Crippen LogP contribution is -2.48. The molecule has 1 aromatic carbocycles. The quantitative estimate of drug-likeness (QED) is 0.621. The number of nitrogens with zero attached hydrogens (tertiary/aromatic N) is 5. The molecular formula is C19H23N5O3S2. The zero-order chi connectivity index (χ0) is 20.8. The molecule has 0 unspecified atom stereocenters. The molecule has 4 rings (SSSR count). The number of hydrogen-bond acceptors (Lipinski definition) is 7. The molecule has 0 N–H and O–H groups in total. The smallest absolute Gasteiger partial charge is 0.275 e. The molecule has 8 nitrogen and oxygen atoms in total. The highest BCUT2D eigenvalue weighted by atomic mass is 32.2. The predicted octanol–water partition coefficient (Wildman–Crippen LogP) is 1.58. The number of sulfonamides is 1. The molecule has 1 aliphatic heterocycles. The molecule has 1 aliphatic rings. The summed E-state index contributed by atoms with van der Waals surface area (Å²) in [5.74, 6) is 0. The van der Waals surface area contributed by atoms with E-state index in [0.717, 1.165) is 16.1 Å². The van der Waals surface area contributed by atoms with Crippen LogP contribution in [-0.2, 0) is 16.6 Å². The van der Waals surface area contributed by atoms with Gasteiger partial charge in [0.2, 0.25) is 15.0 Å². The van der Waals surface area contributed by atoms with Gasteiger partial charge in [-0.1, -0.05) is 29.0 Å². The molecule has 0 aliphatic carbocycles. The third kappa shape index (κ3) is 3.97. The van der Waals surface area contributed by atoms with Crippen LogP contribution in [0.1, 0.15) is 21.8 Å². The molecule has 3 heterocycles. The van der Waals surface area contributed by atoms with Crippen molar-refractivity contribution in [1.82, 2.24) is 23.8 Å². The van der Waals surface area contributed by atoms with E-state index in [-0.39, 0.29) is 5.56 Å². The van der Waals surface area contributed by atoms with Gasteiger partial charge in [-0.3, -0.25) is 9.69 Å². The van der Waals surface area contributed by atoms with Crippen molar-refractivity contribution >= 4 is 26.3 Å². The lowest BCUT2D eigenvalue weighted by atomic mass is 10.2. The van der Waals surface area contributed by atoms with E-state index in [1.807, 2.05) is 26.0 Å². The maximum Gasteiger partial charge on any atom is 0.275 e. The van der Waals surface area contributed by atoms with Crippen molar-refractivity contribution in [3.05, 3.63) is 56.4 Å². The van der Waals surface area contributed by atoms with E-state index >= 15 is 0 Å². The minimum atomic E-state index is -3.50. The summed E-state index contributed by atoms with van der Waals surface area (Å²) in [4.78, 5) is 19.5. The van der Waals surface area contributed by atoms with Gasteiger partial charge < -0.3 is 0 Å². The van der Waals surface area contributed by atoms with Gasteiger partial charge >= 0.3 is 0 Å². The van der Waals surface area contributed by atoms with E-state index in [1.54, 1.807) is 17.3 Å². The van der Waals surface area contributed by atoms with Crippen molar-refractivity contribution in [3.63, 3.8) is 0 Å². The number of fused-ring (bicyclic) bond motifs is 1. The van der Waals surface area contributed by atoms with E-state index in [1.165, 1.54) is 21.9 Å². The van der Waals surface area contributed by atoms with Gasteiger partial charge in [-0.15, -0.1) is 0 Å². The summed E-state index contributed by atoms with van der Waals surface area (Å²) in [5, 5.41) is 5.17. The Kier molecular flexibility index (Phi) is 5.28. The molecule has 10 heteroatoms. The van der Waals surface area contributed by atoms with Gasteiger partial charge in [0, 0.05) is 37.9 Å². The van der Waals surface area contributed by atoms with Gasteiger partial charge in [0.05, 0.1) is 11.4 Å². The number of hydrogen-bond donors (Lipinski definition) is 0. The Hall–Kier alpha value is -2.14. The third-order valence-electron chi connectivity index (χ3n) is 5.05. The number of piperazine rings is 1. The molecule has 0 bridgehead atoms. The van der Waals surface area contributed by atoms with Gasteiger partial charge in [-0.05, 0) is 32.4 Å². The summed E-state index contributed by atoms with van der Waals surface area (Å²) < 4.78 is 28.9. The summed E-state index contributed by atoms with van der Waals surface area (Å²) in [5.41, 5.74) is 2.32. The second-order valence-electron chi connectivity index (χ2n) is 7.38. The summed E-state index contributed by atoms with van der Waals surface area (Å²) in [6.45, 7) is 8.23. The highest BCUT2D eigenvalue weighted by Crippen LogP contribution is 2.23. The van der Waals surface area contributed by atoms with Crippen molar-refractivity contribution in [2.45, 2.75) is 32.2 Å². The normalized spacial score (nSPS) is 16.5. The van der Waals surface area contributed by atoms with E-state index < -0.39 is 10.0 Å². The molecule has 0 saturated carbocycles. The minimum Gasteiger partial charge on any atom is -0.294 e. The topological polar surface area (TPSA) is 87.9 Å². The second-order valence-corrected chi connectivity index (χ2v) is 10.3. The molecule has 2 aromatic heterocycles. The molecule has 29 heavy (non-hydrogen) atoms. The molecule has 1 saturated heterocycles. The Labute approximate surface area is 173 Å². The van der Waals surface area contributed by atoms with Crippen LogP contribution in [0.3, 0.4) is 0 Å². The van der Waals surface area contributed by atoms with Crippen LogP contribution in [0.4, 0.5) is 0 Å². The van der Waals surface area contributed by atoms with E-state index in [0.29, 0.717) is 48.3 Å². The molecule has 3 aromatic rings. The van der Waals surface area contributed by atoms with Gasteiger partial charge in [-0.25, -0.2) is 13.4 Å². The summed E-state index contributed by atoms with van der Waals surface area (Å²) in [6.07, 6.45) is 0. The van der Waals surface area contributed by atoms with Crippen LogP contribution in [0, 0.1) is 20.8 Å². The number of rotatable bonds is 4. The van der Waals surface area contributed by atoms with Crippen molar-refractivity contribution < 1.29 is 8.42 Å². The minimum absolute atomic E-state index is 0.181. The molecular weight excluding hydrogens is 410 g/mol. The van der Waals surface area contributed by atoms with Gasteiger partial charge in [0.25, 0.3) is 5.56 Å². The first-order valence-corrected chi connectivity index (χ1v) is 11.7. The number of aryl methyl sites for hydroxylation is 3. The first-order chi connectivity index (χ1) is 13.7. The fourth-order valence-electron chi connectivity index (χ4n) is 3.57. The van der Waals surface area contributed by atoms with Gasteiger partial charge in [0.15, 0.2) is 0 Å². The Bertz CT molecular complexity index is 1220. The zero-order valence-electron chi connectivity index (χ0n) is 16.6. The monoisotopic (exact) mass is 433 g/mol. The summed E-state index contributed by atoms with van der Waals surface area (Å²) >= 11 is 1.39. The Balaban J connectivity index is 1.45. The van der Waals surface area contributed by atoms with Gasteiger partial charge in [0.1, 0.15) is 5.01 Å². The number of aromatic nitrogens is 3. The highest BCUT2D eigenvalue weighted by Gasteiger charge is 2.29. The average molecular weight is 434 g/mol. The lowest BCUT2D eigenvalue weighted by Gasteiger charge is -2.33. The third-order valence-corrected chi connectivity index (χ3v) is 8.01. The standard InChI is InChI=1S/C19H23N5O3S2/c1-13-4-5-16(14(2)10-13)29(26,27)23-8-6-22(7-9-23)12-17-21-24-18(25)11-15(3)20-19(24)28-17/h4-5,10-11H,6-9,12H2,1-3H3. The van der Waals surface area contributed by atoms with Crippen LogP contribution in [0.2, 0.25) is 0 Å². The van der Waals surface area contributed by atoms with E-state index in [2.05, 4.69) is 15.0 Å². The lowest BCUT2D eigenvalue weighted by molar-refractivity contribution is 0.181. The molecule has 0 radical (unpaired) electrons. The average Bonchev–Trinajstić information content (AvgIpc) is 3.04. The van der Waals surface area contributed by atoms with Crippen molar-refractivity contribution in [2.24, 2.45) is 0 Å². The maximum absolute atomic E-state index is 13.0. The molecule has 1 fully saturated rings. The fourth-order valence-corrected chi connectivity index (χ4v) is 6.19.